The number of likely N-dealkylation sites (N-methyl/N-ethyl adjacent to an activating group) is 1. The van der Waals surface area contributed by atoms with Gasteiger partial charge in [-0.05, 0) is 20.8 Å². The minimum absolute atomic E-state index is 0.0195. The molecule has 0 spiro atoms. The highest BCUT2D eigenvalue weighted by Crippen LogP contribution is 2.24. The summed E-state index contributed by atoms with van der Waals surface area (Å²) in [6, 6.07) is -0.201. The third-order valence-corrected chi connectivity index (χ3v) is 3.65. The lowest BCUT2D eigenvalue weighted by atomic mass is 9.93. The summed E-state index contributed by atoms with van der Waals surface area (Å²) in [6.07, 6.45) is 0. The zero-order valence-corrected chi connectivity index (χ0v) is 11.4. The van der Waals surface area contributed by atoms with Crippen LogP contribution in [-0.4, -0.2) is 53.3 Å². The fraction of sp³-hybridized carbons (Fsp3) is 0.833. The number of nitrogens with two attached hydrogens (primary N) is 1. The zero-order valence-electron chi connectivity index (χ0n) is 11.4. The van der Waals surface area contributed by atoms with Crippen LogP contribution in [0.1, 0.15) is 27.7 Å². The molecule has 2 unspecified atom stereocenters. The van der Waals surface area contributed by atoms with Crippen LogP contribution in [0.5, 0.6) is 0 Å². The number of carbonyl (C=O) groups excluding carboxylic acids is 2. The second-order valence-electron chi connectivity index (χ2n) is 5.42. The highest BCUT2D eigenvalue weighted by atomic mass is 16.2. The van der Waals surface area contributed by atoms with E-state index in [0.29, 0.717) is 13.1 Å². The van der Waals surface area contributed by atoms with Gasteiger partial charge in [-0.3, -0.25) is 9.59 Å². The number of rotatable bonds is 2. The summed E-state index contributed by atoms with van der Waals surface area (Å²) < 4.78 is 0. The summed E-state index contributed by atoms with van der Waals surface area (Å²) in [5, 5.41) is 0. The van der Waals surface area contributed by atoms with Gasteiger partial charge in [-0.2, -0.15) is 0 Å². The molecule has 2 atom stereocenters. The van der Waals surface area contributed by atoms with Crippen LogP contribution in [0.15, 0.2) is 0 Å². The van der Waals surface area contributed by atoms with Gasteiger partial charge in [0, 0.05) is 26.2 Å². The number of carbonyl (C=O) groups is 2. The van der Waals surface area contributed by atoms with Crippen molar-refractivity contribution in [2.45, 2.75) is 39.3 Å². The van der Waals surface area contributed by atoms with Gasteiger partial charge in [0.25, 0.3) is 0 Å². The number of hydrogen-bond acceptors (Lipinski definition) is 3. The van der Waals surface area contributed by atoms with Crippen LogP contribution in [0.25, 0.3) is 0 Å². The normalized spacial score (nSPS) is 23.5. The first-order valence-electron chi connectivity index (χ1n) is 6.02. The van der Waals surface area contributed by atoms with Crippen LogP contribution in [0.4, 0.5) is 0 Å². The van der Waals surface area contributed by atoms with Crippen molar-refractivity contribution in [1.29, 1.82) is 0 Å². The number of amides is 2. The third kappa shape index (κ3) is 2.44. The molecule has 17 heavy (non-hydrogen) atoms. The summed E-state index contributed by atoms with van der Waals surface area (Å²) in [4.78, 5) is 27.7. The zero-order chi connectivity index (χ0) is 13.4. The maximum absolute atomic E-state index is 12.3. The largest absolute Gasteiger partial charge is 0.342 e. The molecule has 5 heteroatoms. The molecule has 0 radical (unpaired) electrons. The summed E-state index contributed by atoms with van der Waals surface area (Å²) in [7, 11) is 1.76. The molecule has 2 amide bonds. The van der Waals surface area contributed by atoms with Crippen molar-refractivity contribution in [3.63, 3.8) is 0 Å². The Hall–Kier alpha value is -1.10. The van der Waals surface area contributed by atoms with Gasteiger partial charge in [0.1, 0.15) is 5.54 Å². The van der Waals surface area contributed by atoms with E-state index in [0.717, 1.165) is 0 Å². The maximum atomic E-state index is 12.3. The van der Waals surface area contributed by atoms with E-state index < -0.39 is 5.54 Å². The molecule has 0 bridgehead atoms. The fourth-order valence-electron chi connectivity index (χ4n) is 2.07. The van der Waals surface area contributed by atoms with Gasteiger partial charge in [0.05, 0.1) is 5.92 Å². The minimum Gasteiger partial charge on any atom is -0.342 e. The third-order valence-electron chi connectivity index (χ3n) is 3.65. The first kappa shape index (κ1) is 14.0. The minimum atomic E-state index is -0.771. The van der Waals surface area contributed by atoms with Crippen molar-refractivity contribution in [2.24, 2.45) is 11.7 Å². The molecular formula is C12H23N3O2. The average molecular weight is 241 g/mol. The van der Waals surface area contributed by atoms with Crippen molar-refractivity contribution >= 4 is 11.8 Å². The van der Waals surface area contributed by atoms with E-state index in [1.807, 2.05) is 13.8 Å². The lowest BCUT2D eigenvalue weighted by molar-refractivity contribution is -0.159. The van der Waals surface area contributed by atoms with Crippen molar-refractivity contribution in [3.05, 3.63) is 0 Å². The highest BCUT2D eigenvalue weighted by molar-refractivity contribution is 5.92. The van der Waals surface area contributed by atoms with Gasteiger partial charge in [0.2, 0.25) is 11.8 Å². The number of hydrogen-bond donors (Lipinski definition) is 1. The molecule has 1 aliphatic heterocycles. The summed E-state index contributed by atoms with van der Waals surface area (Å²) in [6.45, 7) is 8.36. The molecule has 0 aromatic heterocycles. The van der Waals surface area contributed by atoms with Crippen LogP contribution < -0.4 is 5.73 Å². The van der Waals surface area contributed by atoms with Crippen LogP contribution in [0.3, 0.4) is 0 Å². The summed E-state index contributed by atoms with van der Waals surface area (Å²) in [5.41, 5.74) is 4.98. The first-order chi connectivity index (χ1) is 7.69. The Balaban J connectivity index is 2.91. The Morgan fingerprint density at radius 3 is 2.35 bits per heavy atom. The molecule has 0 aromatic carbocycles. The standard InChI is InChI=1S/C12H23N3O2/c1-8(9(2)13)10(16)15-7-6-14(5)11(17)12(15,3)4/h8-9H,6-7,13H2,1-5H3. The molecule has 5 nitrogen and oxygen atoms in total. The number of nitrogens with zero attached hydrogens (tertiary/aromatic N) is 2. The average Bonchev–Trinajstić information content (AvgIpc) is 2.24. The topological polar surface area (TPSA) is 66.6 Å². The van der Waals surface area contributed by atoms with Crippen molar-refractivity contribution in [1.82, 2.24) is 9.80 Å². The predicted octanol–water partition coefficient (Wildman–Crippen LogP) is 0.0489. The van der Waals surface area contributed by atoms with Crippen LogP contribution in [-0.2, 0) is 9.59 Å². The smallest absolute Gasteiger partial charge is 0.247 e. The molecule has 0 saturated carbocycles. The van der Waals surface area contributed by atoms with Crippen LogP contribution >= 0.6 is 0 Å². The van der Waals surface area contributed by atoms with E-state index in [4.69, 9.17) is 5.73 Å². The fourth-order valence-corrected chi connectivity index (χ4v) is 2.07. The predicted molar refractivity (Wildman–Crippen MR) is 66.2 cm³/mol. The lowest BCUT2D eigenvalue weighted by Gasteiger charge is -2.45. The monoisotopic (exact) mass is 241 g/mol. The van der Waals surface area contributed by atoms with E-state index in [1.165, 1.54) is 0 Å². The summed E-state index contributed by atoms with van der Waals surface area (Å²) >= 11 is 0. The Morgan fingerprint density at radius 2 is 1.88 bits per heavy atom. The highest BCUT2D eigenvalue weighted by Gasteiger charge is 2.44. The van der Waals surface area contributed by atoms with Gasteiger partial charge in [-0.15, -0.1) is 0 Å². The van der Waals surface area contributed by atoms with E-state index >= 15 is 0 Å². The summed E-state index contributed by atoms with van der Waals surface area (Å²) in [5.74, 6) is -0.314. The van der Waals surface area contributed by atoms with E-state index in [1.54, 1.807) is 30.7 Å². The second kappa shape index (κ2) is 4.64. The first-order valence-corrected chi connectivity index (χ1v) is 6.02. The second-order valence-corrected chi connectivity index (χ2v) is 5.42. The van der Waals surface area contributed by atoms with E-state index in [2.05, 4.69) is 0 Å². The molecular weight excluding hydrogens is 218 g/mol. The van der Waals surface area contributed by atoms with Crippen molar-refractivity contribution in [2.75, 3.05) is 20.1 Å². The van der Waals surface area contributed by atoms with E-state index in [9.17, 15) is 9.59 Å². The Kier molecular flexibility index (Phi) is 3.81. The van der Waals surface area contributed by atoms with Gasteiger partial charge in [-0.25, -0.2) is 0 Å². The molecule has 1 aliphatic rings. The van der Waals surface area contributed by atoms with Crippen molar-refractivity contribution < 1.29 is 9.59 Å². The molecule has 1 fully saturated rings. The molecule has 2 N–H and O–H groups in total. The van der Waals surface area contributed by atoms with Crippen LogP contribution in [0.2, 0.25) is 0 Å². The van der Waals surface area contributed by atoms with Gasteiger partial charge in [-0.1, -0.05) is 6.92 Å². The Labute approximate surface area is 103 Å². The van der Waals surface area contributed by atoms with Crippen LogP contribution in [0, 0.1) is 5.92 Å². The molecule has 1 rings (SSSR count). The van der Waals surface area contributed by atoms with Gasteiger partial charge < -0.3 is 15.5 Å². The van der Waals surface area contributed by atoms with Gasteiger partial charge in [0.15, 0.2) is 0 Å². The van der Waals surface area contributed by atoms with Gasteiger partial charge >= 0.3 is 0 Å². The molecule has 0 aliphatic carbocycles. The quantitative estimate of drug-likeness (QED) is 0.743. The Morgan fingerprint density at radius 1 is 1.35 bits per heavy atom. The molecule has 1 heterocycles. The molecule has 0 aromatic rings. The lowest BCUT2D eigenvalue weighted by Crippen LogP contribution is -2.65. The number of piperazine rings is 1. The Bertz CT molecular complexity index is 326. The SMILES string of the molecule is CC(N)C(C)C(=O)N1CCN(C)C(=O)C1(C)C. The molecule has 98 valence electrons. The van der Waals surface area contributed by atoms with E-state index in [-0.39, 0.29) is 23.8 Å². The van der Waals surface area contributed by atoms with Crippen molar-refractivity contribution in [3.8, 4) is 0 Å². The maximum Gasteiger partial charge on any atom is 0.247 e. The molecule has 1 saturated heterocycles.